The van der Waals surface area contributed by atoms with Gasteiger partial charge in [0.05, 0.1) is 19.6 Å². The molecule has 0 fully saturated rings. The van der Waals surface area contributed by atoms with Gasteiger partial charge in [0.2, 0.25) is 0 Å². The number of quaternary nitrogens is 1. The molecule has 110 valence electrons. The Morgan fingerprint density at radius 1 is 0.824 bits per heavy atom. The third-order valence-corrected chi connectivity index (χ3v) is 2.42. The summed E-state index contributed by atoms with van der Waals surface area (Å²) in [4.78, 5) is 0. The van der Waals surface area contributed by atoms with Crippen molar-refractivity contribution in [1.82, 2.24) is 0 Å². The van der Waals surface area contributed by atoms with Gasteiger partial charge < -0.3 is 9.22 Å². The number of methoxy groups -OCH3 is 1. The Morgan fingerprint density at radius 3 is 1.12 bits per heavy atom. The summed E-state index contributed by atoms with van der Waals surface area (Å²) in [6.07, 6.45) is 0. The molecule has 0 saturated heterocycles. The van der Waals surface area contributed by atoms with E-state index in [1.54, 1.807) is 7.11 Å². The molecular formula is C8H20F6NOP. The zero-order valence-corrected chi connectivity index (χ0v) is 11.3. The second-order valence-electron chi connectivity index (χ2n) is 3.67. The molecule has 2 nitrogen and oxygen atoms in total. The Bertz CT molecular complexity index is 202. The van der Waals surface area contributed by atoms with Crippen LogP contribution in [0.25, 0.3) is 0 Å². The number of hydrogen-bond acceptors (Lipinski definition) is 1. The number of hydrogen-bond donors (Lipinski definition) is 0. The average molecular weight is 291 g/mol. The second-order valence-corrected chi connectivity index (χ2v) is 5.58. The van der Waals surface area contributed by atoms with Crippen molar-refractivity contribution < 1.29 is 34.4 Å². The van der Waals surface area contributed by atoms with Crippen LogP contribution >= 0.6 is 7.81 Å². The van der Waals surface area contributed by atoms with E-state index in [0.29, 0.717) is 0 Å². The second kappa shape index (κ2) is 5.28. The number of halogens is 6. The fourth-order valence-corrected chi connectivity index (χ4v) is 1.22. The first-order valence-electron chi connectivity index (χ1n) is 5.10. The predicted molar refractivity (Wildman–Crippen MR) is 57.3 cm³/mol. The Balaban J connectivity index is 0. The summed E-state index contributed by atoms with van der Waals surface area (Å²) in [6.45, 7) is 11.0. The molecule has 0 aromatic carbocycles. The molecule has 0 aliphatic heterocycles. The van der Waals surface area contributed by atoms with Gasteiger partial charge in [-0.05, 0) is 20.8 Å². The Morgan fingerprint density at radius 2 is 1.06 bits per heavy atom. The average Bonchev–Trinajstić information content (AvgIpc) is 2.09. The van der Waals surface area contributed by atoms with E-state index < -0.39 is 7.81 Å². The first-order chi connectivity index (χ1) is 7.19. The number of rotatable bonds is 5. The Kier molecular flexibility index (Phi) is 5.99. The summed E-state index contributed by atoms with van der Waals surface area (Å²) in [5.41, 5.74) is 0. The molecule has 0 aliphatic carbocycles. The standard InChI is InChI=1S/C8H20NO.F6P/c1-5-9(6-2,7-3)8-10-4;1-7(2,3,4,5)6/h5-8H2,1-4H3;/q+1;-1. The molecule has 0 aromatic rings. The van der Waals surface area contributed by atoms with E-state index in [-0.39, 0.29) is 0 Å². The van der Waals surface area contributed by atoms with Crippen molar-refractivity contribution in [2.24, 2.45) is 0 Å². The van der Waals surface area contributed by atoms with Gasteiger partial charge in [-0.3, -0.25) is 0 Å². The molecule has 0 bridgehead atoms. The van der Waals surface area contributed by atoms with Crippen LogP contribution in [0, 0.1) is 0 Å². The maximum absolute atomic E-state index is 10.7. The van der Waals surface area contributed by atoms with E-state index in [4.69, 9.17) is 4.74 Å². The SMILES string of the molecule is CC[N+](CC)(CC)COC.F[P-](F)(F)(F)(F)F. The van der Waals surface area contributed by atoms with Gasteiger partial charge in [0, 0.05) is 7.11 Å². The van der Waals surface area contributed by atoms with E-state index in [9.17, 15) is 25.2 Å². The summed E-state index contributed by atoms with van der Waals surface area (Å²) >= 11 is 0. The van der Waals surface area contributed by atoms with Crippen molar-refractivity contribution in [2.75, 3.05) is 33.5 Å². The van der Waals surface area contributed by atoms with Crippen molar-refractivity contribution >= 4 is 7.81 Å². The van der Waals surface area contributed by atoms with Gasteiger partial charge in [0.1, 0.15) is 0 Å². The van der Waals surface area contributed by atoms with Gasteiger partial charge in [0.15, 0.2) is 6.73 Å². The van der Waals surface area contributed by atoms with Crippen LogP contribution < -0.4 is 0 Å². The molecule has 0 unspecified atom stereocenters. The van der Waals surface area contributed by atoms with Crippen LogP contribution in [0.1, 0.15) is 20.8 Å². The van der Waals surface area contributed by atoms with E-state index >= 15 is 0 Å². The summed E-state index contributed by atoms with van der Waals surface area (Å²) < 4.78 is 65.4. The first kappa shape index (κ1) is 19.3. The quantitative estimate of drug-likeness (QED) is 0.304. The predicted octanol–water partition coefficient (Wildman–Crippen LogP) is 4.85. The molecule has 0 aliphatic rings. The summed E-state index contributed by atoms with van der Waals surface area (Å²) in [6, 6.07) is 0. The zero-order valence-electron chi connectivity index (χ0n) is 10.4. The molecule has 0 saturated carbocycles. The third-order valence-electron chi connectivity index (χ3n) is 2.42. The minimum atomic E-state index is -10.7. The van der Waals surface area contributed by atoms with Crippen LogP contribution in [0.5, 0.6) is 0 Å². The number of nitrogens with zero attached hydrogens (tertiary/aromatic N) is 1. The van der Waals surface area contributed by atoms with Crippen LogP contribution in [-0.2, 0) is 4.74 Å². The van der Waals surface area contributed by atoms with Crippen LogP contribution in [0.2, 0.25) is 0 Å². The molecule has 9 heteroatoms. The topological polar surface area (TPSA) is 9.23 Å². The van der Waals surface area contributed by atoms with Gasteiger partial charge >= 0.3 is 33.0 Å². The normalized spacial score (nSPS) is 16.6. The molecule has 0 atom stereocenters. The molecule has 0 rings (SSSR count). The summed E-state index contributed by atoms with van der Waals surface area (Å²) in [5, 5.41) is 0. The van der Waals surface area contributed by atoms with Crippen molar-refractivity contribution in [2.45, 2.75) is 20.8 Å². The molecule has 0 spiro atoms. The van der Waals surface area contributed by atoms with Gasteiger partial charge in [-0.1, -0.05) is 0 Å². The van der Waals surface area contributed by atoms with E-state index in [1.165, 1.54) is 19.6 Å². The monoisotopic (exact) mass is 291 g/mol. The maximum atomic E-state index is 9.87. The van der Waals surface area contributed by atoms with Gasteiger partial charge in [-0.25, -0.2) is 0 Å². The minimum absolute atomic E-state index is 0.851. The fourth-order valence-electron chi connectivity index (χ4n) is 1.22. The molecule has 0 radical (unpaired) electrons. The first-order valence-corrected chi connectivity index (χ1v) is 7.13. The fraction of sp³-hybridized carbons (Fsp3) is 1.00. The van der Waals surface area contributed by atoms with Crippen molar-refractivity contribution in [3.05, 3.63) is 0 Å². The molecule has 0 heterocycles. The van der Waals surface area contributed by atoms with Gasteiger partial charge in [-0.2, -0.15) is 0 Å². The number of ether oxygens (including phenoxy) is 1. The molecule has 0 N–H and O–H groups in total. The van der Waals surface area contributed by atoms with E-state index in [0.717, 1.165) is 11.2 Å². The Labute approximate surface area is 97.4 Å². The van der Waals surface area contributed by atoms with Crippen molar-refractivity contribution in [3.8, 4) is 0 Å². The molecule has 0 amide bonds. The van der Waals surface area contributed by atoms with Crippen LogP contribution in [0.3, 0.4) is 0 Å². The third kappa shape index (κ3) is 18.5. The molecular weight excluding hydrogens is 271 g/mol. The van der Waals surface area contributed by atoms with E-state index in [2.05, 4.69) is 20.8 Å². The van der Waals surface area contributed by atoms with Crippen molar-refractivity contribution in [1.29, 1.82) is 0 Å². The van der Waals surface area contributed by atoms with Gasteiger partial charge in [-0.15, -0.1) is 0 Å². The molecule has 0 aromatic heterocycles. The van der Waals surface area contributed by atoms with Crippen LogP contribution in [0.4, 0.5) is 25.2 Å². The van der Waals surface area contributed by atoms with Crippen molar-refractivity contribution in [3.63, 3.8) is 0 Å². The molecule has 17 heavy (non-hydrogen) atoms. The van der Waals surface area contributed by atoms with Gasteiger partial charge in [0.25, 0.3) is 0 Å². The zero-order chi connectivity index (χ0) is 14.4. The van der Waals surface area contributed by atoms with Crippen LogP contribution in [-0.4, -0.2) is 38.0 Å². The Hall–Kier alpha value is -0.0700. The summed E-state index contributed by atoms with van der Waals surface area (Å²) in [5.74, 6) is 0. The van der Waals surface area contributed by atoms with E-state index in [1.807, 2.05) is 0 Å². The van der Waals surface area contributed by atoms with Crippen LogP contribution in [0.15, 0.2) is 0 Å². The summed E-state index contributed by atoms with van der Waals surface area (Å²) in [7, 11) is -8.89.